The second kappa shape index (κ2) is 6.41. The van der Waals surface area contributed by atoms with Crippen LogP contribution in [0, 0.1) is 0 Å². The van der Waals surface area contributed by atoms with Crippen molar-refractivity contribution in [3.63, 3.8) is 0 Å². The number of likely N-dealkylation sites (N-methyl/N-ethyl adjacent to an activating group) is 1. The lowest BCUT2D eigenvalue weighted by molar-refractivity contribution is 0.120. The number of nitrogens with zero attached hydrogens (tertiary/aromatic N) is 2. The summed E-state index contributed by atoms with van der Waals surface area (Å²) in [6.45, 7) is 6.17. The number of hydrogen-bond acceptors (Lipinski definition) is 2. The molecule has 0 saturated carbocycles. The molecule has 0 N–H and O–H groups in total. The van der Waals surface area contributed by atoms with Crippen molar-refractivity contribution in [3.05, 3.63) is 0 Å². The van der Waals surface area contributed by atoms with E-state index in [0.717, 1.165) is 6.04 Å². The van der Waals surface area contributed by atoms with Gasteiger partial charge in [-0.05, 0) is 46.4 Å². The normalized spacial score (nSPS) is 24.4. The molecule has 1 aliphatic heterocycles. The van der Waals surface area contributed by atoms with E-state index in [0.29, 0.717) is 0 Å². The lowest BCUT2D eigenvalue weighted by Gasteiger charge is -2.37. The standard InChI is InChI=1S/C12H26N2/c1-4-5-9-14-10-7-6-8-12(14)11-13(2)3/h12H,4-11H2,1-3H3. The Hall–Kier alpha value is -0.0800. The van der Waals surface area contributed by atoms with Gasteiger partial charge >= 0.3 is 0 Å². The van der Waals surface area contributed by atoms with Crippen molar-refractivity contribution in [3.8, 4) is 0 Å². The first-order valence-corrected chi connectivity index (χ1v) is 6.12. The van der Waals surface area contributed by atoms with Crippen LogP contribution in [0.15, 0.2) is 0 Å². The van der Waals surface area contributed by atoms with Crippen molar-refractivity contribution >= 4 is 0 Å². The van der Waals surface area contributed by atoms with Gasteiger partial charge in [0.2, 0.25) is 0 Å². The average Bonchev–Trinajstić information content (AvgIpc) is 2.16. The predicted molar refractivity (Wildman–Crippen MR) is 62.7 cm³/mol. The molecule has 0 aromatic rings. The molecule has 0 aliphatic carbocycles. The van der Waals surface area contributed by atoms with Gasteiger partial charge in [-0.15, -0.1) is 0 Å². The fourth-order valence-corrected chi connectivity index (χ4v) is 2.34. The molecule has 1 fully saturated rings. The Morgan fingerprint density at radius 1 is 1.29 bits per heavy atom. The molecule has 1 unspecified atom stereocenters. The molecule has 0 bridgehead atoms. The first-order chi connectivity index (χ1) is 6.74. The first-order valence-electron chi connectivity index (χ1n) is 6.12. The van der Waals surface area contributed by atoms with Gasteiger partial charge in [0, 0.05) is 12.6 Å². The van der Waals surface area contributed by atoms with Crippen molar-refractivity contribution in [2.75, 3.05) is 33.7 Å². The third-order valence-electron chi connectivity index (χ3n) is 3.12. The number of hydrogen-bond donors (Lipinski definition) is 0. The van der Waals surface area contributed by atoms with Crippen molar-refractivity contribution in [2.24, 2.45) is 0 Å². The van der Waals surface area contributed by atoms with E-state index >= 15 is 0 Å². The van der Waals surface area contributed by atoms with Gasteiger partial charge in [-0.2, -0.15) is 0 Å². The quantitative estimate of drug-likeness (QED) is 0.668. The van der Waals surface area contributed by atoms with Gasteiger partial charge < -0.3 is 4.90 Å². The summed E-state index contributed by atoms with van der Waals surface area (Å²) in [5.41, 5.74) is 0. The Morgan fingerprint density at radius 2 is 2.07 bits per heavy atom. The topological polar surface area (TPSA) is 6.48 Å². The molecule has 0 aromatic heterocycles. The summed E-state index contributed by atoms with van der Waals surface area (Å²) in [6, 6.07) is 0.824. The Morgan fingerprint density at radius 3 is 2.71 bits per heavy atom. The number of unbranched alkanes of at least 4 members (excludes halogenated alkanes) is 1. The van der Waals surface area contributed by atoms with Crippen LogP contribution >= 0.6 is 0 Å². The molecule has 1 aliphatic rings. The maximum Gasteiger partial charge on any atom is 0.0222 e. The van der Waals surface area contributed by atoms with Crippen LogP contribution in [0.5, 0.6) is 0 Å². The molecule has 0 amide bonds. The van der Waals surface area contributed by atoms with Crippen LogP contribution in [0.25, 0.3) is 0 Å². The van der Waals surface area contributed by atoms with E-state index in [1.165, 1.54) is 51.7 Å². The summed E-state index contributed by atoms with van der Waals surface area (Å²) in [5, 5.41) is 0. The highest BCUT2D eigenvalue weighted by Crippen LogP contribution is 2.17. The number of rotatable bonds is 5. The summed E-state index contributed by atoms with van der Waals surface area (Å²) in [6.07, 6.45) is 6.94. The molecule has 2 heteroatoms. The van der Waals surface area contributed by atoms with Crippen LogP contribution in [0.4, 0.5) is 0 Å². The van der Waals surface area contributed by atoms with E-state index in [2.05, 4.69) is 30.8 Å². The number of piperidine rings is 1. The van der Waals surface area contributed by atoms with Crippen LogP contribution in [0.2, 0.25) is 0 Å². The predicted octanol–water partition coefficient (Wildman–Crippen LogP) is 2.20. The Labute approximate surface area is 89.3 Å². The molecule has 14 heavy (non-hydrogen) atoms. The second-order valence-electron chi connectivity index (χ2n) is 4.80. The Kier molecular flexibility index (Phi) is 5.49. The zero-order valence-corrected chi connectivity index (χ0v) is 10.1. The van der Waals surface area contributed by atoms with Crippen molar-refractivity contribution in [1.82, 2.24) is 9.80 Å². The van der Waals surface area contributed by atoms with Crippen molar-refractivity contribution < 1.29 is 0 Å². The third-order valence-corrected chi connectivity index (χ3v) is 3.12. The minimum Gasteiger partial charge on any atom is -0.308 e. The summed E-state index contributed by atoms with van der Waals surface area (Å²) in [5.74, 6) is 0. The summed E-state index contributed by atoms with van der Waals surface area (Å²) in [7, 11) is 4.37. The summed E-state index contributed by atoms with van der Waals surface area (Å²) >= 11 is 0. The van der Waals surface area contributed by atoms with E-state index in [1.54, 1.807) is 0 Å². The van der Waals surface area contributed by atoms with Gasteiger partial charge in [0.25, 0.3) is 0 Å². The largest absolute Gasteiger partial charge is 0.308 e. The molecule has 2 nitrogen and oxygen atoms in total. The monoisotopic (exact) mass is 198 g/mol. The van der Waals surface area contributed by atoms with E-state index in [-0.39, 0.29) is 0 Å². The highest BCUT2D eigenvalue weighted by Gasteiger charge is 2.21. The lowest BCUT2D eigenvalue weighted by Crippen LogP contribution is -2.45. The zero-order chi connectivity index (χ0) is 10.4. The fourth-order valence-electron chi connectivity index (χ4n) is 2.34. The molecule has 84 valence electrons. The SMILES string of the molecule is CCCCN1CCCCC1CN(C)C. The van der Waals surface area contributed by atoms with E-state index in [4.69, 9.17) is 0 Å². The molecule has 0 aromatic carbocycles. The molecular formula is C12H26N2. The van der Waals surface area contributed by atoms with Gasteiger partial charge in [-0.1, -0.05) is 19.8 Å². The highest BCUT2D eigenvalue weighted by atomic mass is 15.2. The molecular weight excluding hydrogens is 172 g/mol. The van der Waals surface area contributed by atoms with Gasteiger partial charge in [0.1, 0.15) is 0 Å². The van der Waals surface area contributed by atoms with Crippen LogP contribution in [0.3, 0.4) is 0 Å². The lowest BCUT2D eigenvalue weighted by atomic mass is 10.0. The van der Waals surface area contributed by atoms with Crippen molar-refractivity contribution in [2.45, 2.75) is 45.1 Å². The second-order valence-corrected chi connectivity index (χ2v) is 4.80. The smallest absolute Gasteiger partial charge is 0.0222 e. The molecule has 1 rings (SSSR count). The third kappa shape index (κ3) is 3.97. The Bertz CT molecular complexity index is 145. The van der Waals surface area contributed by atoms with E-state index in [9.17, 15) is 0 Å². The first kappa shape index (κ1) is 12.0. The van der Waals surface area contributed by atoms with Crippen LogP contribution in [-0.4, -0.2) is 49.6 Å². The molecule has 0 spiro atoms. The maximum atomic E-state index is 2.70. The molecule has 1 heterocycles. The molecule has 0 radical (unpaired) electrons. The van der Waals surface area contributed by atoms with Crippen LogP contribution in [0.1, 0.15) is 39.0 Å². The van der Waals surface area contributed by atoms with Gasteiger partial charge in [-0.3, -0.25) is 4.90 Å². The highest BCUT2D eigenvalue weighted by molar-refractivity contribution is 4.78. The molecule has 1 atom stereocenters. The summed E-state index contributed by atoms with van der Waals surface area (Å²) in [4.78, 5) is 5.03. The van der Waals surface area contributed by atoms with E-state index in [1.807, 2.05) is 0 Å². The van der Waals surface area contributed by atoms with Crippen LogP contribution in [-0.2, 0) is 0 Å². The summed E-state index contributed by atoms with van der Waals surface area (Å²) < 4.78 is 0. The molecule has 1 saturated heterocycles. The van der Waals surface area contributed by atoms with Crippen molar-refractivity contribution in [1.29, 1.82) is 0 Å². The number of likely N-dealkylation sites (tertiary alicyclic amines) is 1. The zero-order valence-electron chi connectivity index (χ0n) is 10.1. The minimum atomic E-state index is 0.824. The fraction of sp³-hybridized carbons (Fsp3) is 1.00. The van der Waals surface area contributed by atoms with Gasteiger partial charge in [-0.25, -0.2) is 0 Å². The maximum absolute atomic E-state index is 2.70. The Balaban J connectivity index is 2.33. The van der Waals surface area contributed by atoms with E-state index < -0.39 is 0 Å². The average molecular weight is 198 g/mol. The van der Waals surface area contributed by atoms with Gasteiger partial charge in [0.05, 0.1) is 0 Å². The van der Waals surface area contributed by atoms with Gasteiger partial charge in [0.15, 0.2) is 0 Å². The van der Waals surface area contributed by atoms with Crippen LogP contribution < -0.4 is 0 Å². The minimum absolute atomic E-state index is 0.824.